The molecule has 1 aliphatic heterocycles. The first-order valence-electron chi connectivity index (χ1n) is 9.01. The van der Waals surface area contributed by atoms with Crippen molar-refractivity contribution >= 4 is 0 Å². The molecule has 1 aliphatic rings. The predicted octanol–water partition coefficient (Wildman–Crippen LogP) is 2.18. The van der Waals surface area contributed by atoms with E-state index in [9.17, 15) is 15.3 Å². The molecule has 23 heavy (non-hydrogen) atoms. The summed E-state index contributed by atoms with van der Waals surface area (Å²) in [4.78, 5) is 0. The third kappa shape index (κ3) is 8.82. The van der Waals surface area contributed by atoms with Crippen molar-refractivity contribution in [2.75, 3.05) is 19.8 Å². The number of unbranched alkanes of at least 4 members (excludes halogenated alkanes) is 7. The van der Waals surface area contributed by atoms with Gasteiger partial charge in [0.25, 0.3) is 0 Å². The second-order valence-electron chi connectivity index (χ2n) is 6.33. The van der Waals surface area contributed by atoms with E-state index in [0.29, 0.717) is 6.61 Å². The first-order chi connectivity index (χ1) is 11.2. The van der Waals surface area contributed by atoms with E-state index in [1.165, 1.54) is 38.5 Å². The molecule has 136 valence electrons. The highest BCUT2D eigenvalue weighted by Crippen LogP contribution is 2.18. The highest BCUT2D eigenvalue weighted by Gasteiger charge is 2.39. The van der Waals surface area contributed by atoms with Crippen molar-refractivity contribution < 1.29 is 24.8 Å². The summed E-state index contributed by atoms with van der Waals surface area (Å²) >= 11 is 0. The second kappa shape index (κ2) is 12.9. The normalized spacial score (nSPS) is 26.2. The Morgan fingerprint density at radius 3 is 2.35 bits per heavy atom. The van der Waals surface area contributed by atoms with Gasteiger partial charge in [0, 0.05) is 6.61 Å². The van der Waals surface area contributed by atoms with E-state index in [1.54, 1.807) is 0 Å². The maximum Gasteiger partial charge on any atom is 0.114 e. The van der Waals surface area contributed by atoms with Crippen LogP contribution < -0.4 is 0 Å². The van der Waals surface area contributed by atoms with Crippen LogP contribution >= 0.6 is 0 Å². The van der Waals surface area contributed by atoms with Crippen LogP contribution in [0.25, 0.3) is 0 Å². The van der Waals surface area contributed by atoms with Crippen molar-refractivity contribution in [2.24, 2.45) is 0 Å². The average molecular weight is 330 g/mol. The number of aliphatic hydroxyl groups is 3. The molecule has 5 nitrogen and oxygen atoms in total. The van der Waals surface area contributed by atoms with Crippen molar-refractivity contribution in [3.8, 4) is 0 Å². The number of ether oxygens (including phenoxy) is 2. The van der Waals surface area contributed by atoms with Crippen LogP contribution in [0, 0.1) is 0 Å². The maximum atomic E-state index is 9.87. The first kappa shape index (κ1) is 20.6. The molecule has 0 amide bonds. The van der Waals surface area contributed by atoms with Gasteiger partial charge in [0.05, 0.1) is 13.2 Å². The van der Waals surface area contributed by atoms with Gasteiger partial charge in [0.1, 0.15) is 24.4 Å². The van der Waals surface area contributed by atoms with Gasteiger partial charge in [0.2, 0.25) is 0 Å². The van der Waals surface area contributed by atoms with Gasteiger partial charge in [-0.05, 0) is 26.2 Å². The summed E-state index contributed by atoms with van der Waals surface area (Å²) in [5, 5.41) is 28.9. The zero-order valence-electron chi connectivity index (χ0n) is 14.4. The Balaban J connectivity index is 1.86. The highest BCUT2D eigenvalue weighted by molar-refractivity contribution is 4.87. The molecule has 0 unspecified atom stereocenters. The molecule has 0 aromatic carbocycles. The van der Waals surface area contributed by atoms with Crippen molar-refractivity contribution in [3.05, 3.63) is 12.2 Å². The second-order valence-corrected chi connectivity index (χ2v) is 6.33. The molecule has 0 bridgehead atoms. The molecule has 0 spiro atoms. The van der Waals surface area contributed by atoms with Gasteiger partial charge >= 0.3 is 0 Å². The third-order valence-electron chi connectivity index (χ3n) is 4.25. The summed E-state index contributed by atoms with van der Waals surface area (Å²) in [6, 6.07) is 0. The lowest BCUT2D eigenvalue weighted by Crippen LogP contribution is -2.40. The molecule has 0 aliphatic carbocycles. The number of allylic oxidation sites excluding steroid dienone is 2. The van der Waals surface area contributed by atoms with E-state index in [1.807, 2.05) is 0 Å². The Kier molecular flexibility index (Phi) is 11.5. The molecular formula is C18H34O5. The van der Waals surface area contributed by atoms with Crippen LogP contribution in [0.3, 0.4) is 0 Å². The van der Waals surface area contributed by atoms with E-state index < -0.39 is 24.4 Å². The van der Waals surface area contributed by atoms with Gasteiger partial charge in [-0.25, -0.2) is 0 Å². The summed E-state index contributed by atoms with van der Waals surface area (Å²) in [5.74, 6) is 0. The van der Waals surface area contributed by atoms with Gasteiger partial charge in [-0.1, -0.05) is 44.3 Å². The molecule has 0 saturated carbocycles. The Labute approximate surface area is 140 Å². The highest BCUT2D eigenvalue weighted by atomic mass is 16.5. The predicted molar refractivity (Wildman–Crippen MR) is 90.3 cm³/mol. The quantitative estimate of drug-likeness (QED) is 0.356. The van der Waals surface area contributed by atoms with Crippen molar-refractivity contribution in [2.45, 2.75) is 82.7 Å². The Morgan fingerprint density at radius 1 is 1.09 bits per heavy atom. The van der Waals surface area contributed by atoms with Crippen molar-refractivity contribution in [1.29, 1.82) is 0 Å². The van der Waals surface area contributed by atoms with E-state index in [0.717, 1.165) is 12.8 Å². The number of rotatable bonds is 13. The third-order valence-corrected chi connectivity index (χ3v) is 4.25. The Morgan fingerprint density at radius 2 is 1.74 bits per heavy atom. The summed E-state index contributed by atoms with van der Waals surface area (Å²) in [7, 11) is 0. The molecular weight excluding hydrogens is 296 g/mol. The fourth-order valence-corrected chi connectivity index (χ4v) is 2.78. The lowest BCUT2D eigenvalue weighted by Gasteiger charge is -2.20. The molecule has 3 N–H and O–H groups in total. The standard InChI is InChI=1S/C18H34O5/c1-2-3-4-5-6-7-8-9-10-11-12-22-13-16(20)18-17(21)15(19)14-23-18/h2-3,15-21H,4-14H2,1H3/b3-2+/t15-,16+,17+,18+/m1/s1. The fraction of sp³-hybridized carbons (Fsp3) is 0.889. The van der Waals surface area contributed by atoms with Crippen LogP contribution in [0.15, 0.2) is 12.2 Å². The number of aliphatic hydroxyl groups excluding tert-OH is 3. The summed E-state index contributed by atoms with van der Waals surface area (Å²) < 4.78 is 10.6. The number of hydrogen-bond acceptors (Lipinski definition) is 5. The average Bonchev–Trinajstić information content (AvgIpc) is 2.88. The minimum Gasteiger partial charge on any atom is -0.388 e. The first-order valence-corrected chi connectivity index (χ1v) is 9.01. The minimum absolute atomic E-state index is 0.0671. The topological polar surface area (TPSA) is 79.2 Å². The Bertz CT molecular complexity index is 308. The van der Waals surface area contributed by atoms with E-state index in [2.05, 4.69) is 19.1 Å². The van der Waals surface area contributed by atoms with Crippen LogP contribution in [-0.2, 0) is 9.47 Å². The number of hydrogen-bond donors (Lipinski definition) is 3. The summed E-state index contributed by atoms with van der Waals surface area (Å²) in [6.07, 6.45) is 10.5. The maximum absolute atomic E-state index is 9.87. The molecule has 5 heteroatoms. The van der Waals surface area contributed by atoms with Crippen molar-refractivity contribution in [3.63, 3.8) is 0 Å². The molecule has 1 rings (SSSR count). The fourth-order valence-electron chi connectivity index (χ4n) is 2.78. The molecule has 0 aromatic heterocycles. The van der Waals surface area contributed by atoms with Gasteiger partial charge in [-0.3, -0.25) is 0 Å². The summed E-state index contributed by atoms with van der Waals surface area (Å²) in [6.45, 7) is 2.88. The largest absolute Gasteiger partial charge is 0.388 e. The Hall–Kier alpha value is -0.460. The van der Waals surface area contributed by atoms with E-state index in [4.69, 9.17) is 9.47 Å². The molecule has 4 atom stereocenters. The van der Waals surface area contributed by atoms with Gasteiger partial charge in [0.15, 0.2) is 0 Å². The monoisotopic (exact) mass is 330 g/mol. The molecule has 0 radical (unpaired) electrons. The van der Waals surface area contributed by atoms with Crippen LogP contribution in [0.5, 0.6) is 0 Å². The molecule has 1 saturated heterocycles. The van der Waals surface area contributed by atoms with Crippen molar-refractivity contribution in [1.82, 2.24) is 0 Å². The minimum atomic E-state index is -1.03. The van der Waals surface area contributed by atoms with Gasteiger partial charge < -0.3 is 24.8 Å². The molecule has 1 heterocycles. The van der Waals surface area contributed by atoms with Crippen LogP contribution in [0.2, 0.25) is 0 Å². The molecule has 1 fully saturated rings. The van der Waals surface area contributed by atoms with E-state index >= 15 is 0 Å². The summed E-state index contributed by atoms with van der Waals surface area (Å²) in [5.41, 5.74) is 0. The molecule has 0 aromatic rings. The van der Waals surface area contributed by atoms with Crippen LogP contribution in [0.1, 0.15) is 58.3 Å². The van der Waals surface area contributed by atoms with Gasteiger partial charge in [-0.15, -0.1) is 0 Å². The smallest absolute Gasteiger partial charge is 0.114 e. The SMILES string of the molecule is C/C=C/CCCCCCCCCOC[C@H](O)[C@@H]1OC[C@@H](O)[C@@H]1O. The lowest BCUT2D eigenvalue weighted by atomic mass is 10.1. The van der Waals surface area contributed by atoms with E-state index in [-0.39, 0.29) is 13.2 Å². The zero-order chi connectivity index (χ0) is 16.9. The van der Waals surface area contributed by atoms with Gasteiger partial charge in [-0.2, -0.15) is 0 Å². The zero-order valence-corrected chi connectivity index (χ0v) is 14.4. The van der Waals surface area contributed by atoms with Crippen LogP contribution in [0.4, 0.5) is 0 Å². The van der Waals surface area contributed by atoms with Crippen LogP contribution in [-0.4, -0.2) is 59.6 Å². The lowest BCUT2D eigenvalue weighted by molar-refractivity contribution is -0.0813.